The minimum atomic E-state index is -0.438. The third-order valence-corrected chi connectivity index (χ3v) is 5.41. The minimum Gasteiger partial charge on any atom is -0.466 e. The molecule has 2 heterocycles. The highest BCUT2D eigenvalue weighted by molar-refractivity contribution is 5.77. The molecule has 136 valence electrons. The van der Waals surface area contributed by atoms with Crippen molar-refractivity contribution in [3.05, 3.63) is 0 Å². The molecule has 1 amide bonds. The van der Waals surface area contributed by atoms with Gasteiger partial charge in [-0.1, -0.05) is 0 Å². The van der Waals surface area contributed by atoms with E-state index in [-0.39, 0.29) is 18.0 Å². The maximum atomic E-state index is 12.1. The summed E-state index contributed by atoms with van der Waals surface area (Å²) in [5.74, 6) is 1.12. The van der Waals surface area contributed by atoms with Gasteiger partial charge in [0.15, 0.2) is 0 Å². The van der Waals surface area contributed by atoms with Crippen LogP contribution in [-0.2, 0) is 14.3 Å². The zero-order valence-corrected chi connectivity index (χ0v) is 15.3. The fraction of sp³-hybridized carbons (Fsp3) is 0.889. The summed E-state index contributed by atoms with van der Waals surface area (Å²) in [5, 5.41) is 0. The van der Waals surface area contributed by atoms with E-state index in [9.17, 15) is 9.59 Å². The van der Waals surface area contributed by atoms with Crippen molar-refractivity contribution in [3.8, 4) is 0 Å². The number of likely N-dealkylation sites (tertiary alicyclic amines) is 2. The second-order valence-corrected chi connectivity index (χ2v) is 8.26. The molecule has 0 aromatic rings. The summed E-state index contributed by atoms with van der Waals surface area (Å²) in [6.45, 7) is 11.6. The maximum absolute atomic E-state index is 12.1. The van der Waals surface area contributed by atoms with Gasteiger partial charge in [0.1, 0.15) is 5.60 Å². The standard InChI is InChI=1S/C18H30N2O4/c1-5-23-16(21)15-13-10-20(11-14(13)15)12-6-8-19(9-7-12)17(22)24-18(2,3)4/h12-15H,5-11H2,1-4H3/t13-,14+,15+. The van der Waals surface area contributed by atoms with Gasteiger partial charge in [-0.2, -0.15) is 0 Å². The Morgan fingerprint density at radius 2 is 1.67 bits per heavy atom. The Labute approximate surface area is 144 Å². The van der Waals surface area contributed by atoms with E-state index in [0.29, 0.717) is 24.5 Å². The average Bonchev–Trinajstić information content (AvgIpc) is 3.01. The molecule has 2 aliphatic heterocycles. The van der Waals surface area contributed by atoms with E-state index in [0.717, 1.165) is 39.0 Å². The number of amides is 1. The summed E-state index contributed by atoms with van der Waals surface area (Å²) < 4.78 is 10.6. The van der Waals surface area contributed by atoms with E-state index in [1.54, 1.807) is 0 Å². The molecule has 0 unspecified atom stereocenters. The fourth-order valence-corrected chi connectivity index (χ4v) is 4.19. The molecule has 0 aromatic heterocycles. The highest BCUT2D eigenvalue weighted by atomic mass is 16.6. The normalized spacial score (nSPS) is 30.8. The Hall–Kier alpha value is -1.30. The Morgan fingerprint density at radius 1 is 1.08 bits per heavy atom. The van der Waals surface area contributed by atoms with Gasteiger partial charge in [0.05, 0.1) is 12.5 Å². The molecule has 0 spiro atoms. The first-order valence-electron chi connectivity index (χ1n) is 9.18. The number of carbonyl (C=O) groups is 2. The average molecular weight is 338 g/mol. The molecule has 1 aliphatic carbocycles. The summed E-state index contributed by atoms with van der Waals surface area (Å²) >= 11 is 0. The molecule has 6 nitrogen and oxygen atoms in total. The van der Waals surface area contributed by atoms with Crippen molar-refractivity contribution in [2.75, 3.05) is 32.8 Å². The van der Waals surface area contributed by atoms with Crippen LogP contribution in [0, 0.1) is 17.8 Å². The number of nitrogens with zero attached hydrogens (tertiary/aromatic N) is 2. The van der Waals surface area contributed by atoms with Crippen molar-refractivity contribution in [1.82, 2.24) is 9.80 Å². The van der Waals surface area contributed by atoms with Crippen molar-refractivity contribution in [1.29, 1.82) is 0 Å². The maximum Gasteiger partial charge on any atom is 0.410 e. The molecule has 3 rings (SSSR count). The van der Waals surface area contributed by atoms with Gasteiger partial charge in [-0.3, -0.25) is 9.69 Å². The number of rotatable bonds is 3. The van der Waals surface area contributed by atoms with Crippen LogP contribution in [-0.4, -0.2) is 66.3 Å². The minimum absolute atomic E-state index is 0.00750. The van der Waals surface area contributed by atoms with Crippen LogP contribution in [0.3, 0.4) is 0 Å². The molecule has 3 fully saturated rings. The first-order valence-corrected chi connectivity index (χ1v) is 9.18. The molecule has 0 radical (unpaired) electrons. The zero-order chi connectivity index (χ0) is 17.5. The van der Waals surface area contributed by atoms with Crippen LogP contribution >= 0.6 is 0 Å². The van der Waals surface area contributed by atoms with Crippen molar-refractivity contribution in [2.45, 2.75) is 52.2 Å². The highest BCUT2D eigenvalue weighted by Gasteiger charge is 2.60. The lowest BCUT2D eigenvalue weighted by atomic mass is 10.0. The van der Waals surface area contributed by atoms with E-state index in [4.69, 9.17) is 9.47 Å². The van der Waals surface area contributed by atoms with Crippen LogP contribution in [0.2, 0.25) is 0 Å². The van der Waals surface area contributed by atoms with Crippen molar-refractivity contribution in [3.63, 3.8) is 0 Å². The lowest BCUT2D eigenvalue weighted by Gasteiger charge is -2.38. The number of esters is 1. The molecule has 0 N–H and O–H groups in total. The molecular formula is C18H30N2O4. The molecule has 24 heavy (non-hydrogen) atoms. The molecule has 3 aliphatic rings. The SMILES string of the molecule is CCOC(=O)[C@H]1[C@@H]2CN(C3CCN(C(=O)OC(C)(C)C)CC3)C[C@@H]21. The van der Waals surface area contributed by atoms with Crippen LogP contribution in [0.1, 0.15) is 40.5 Å². The van der Waals surface area contributed by atoms with Crippen LogP contribution < -0.4 is 0 Å². The topological polar surface area (TPSA) is 59.1 Å². The second kappa shape index (κ2) is 6.54. The Balaban J connectivity index is 1.42. The summed E-state index contributed by atoms with van der Waals surface area (Å²) in [5.41, 5.74) is -0.438. The summed E-state index contributed by atoms with van der Waals surface area (Å²) in [6, 6.07) is 0.527. The van der Waals surface area contributed by atoms with Gasteiger partial charge in [-0.25, -0.2) is 4.79 Å². The number of hydrogen-bond donors (Lipinski definition) is 0. The van der Waals surface area contributed by atoms with Gasteiger partial charge in [-0.05, 0) is 52.4 Å². The molecular weight excluding hydrogens is 308 g/mol. The van der Waals surface area contributed by atoms with Gasteiger partial charge in [0.25, 0.3) is 0 Å². The number of carbonyl (C=O) groups excluding carboxylic acids is 2. The molecule has 1 saturated carbocycles. The third-order valence-electron chi connectivity index (χ3n) is 5.41. The number of fused-ring (bicyclic) bond motifs is 1. The predicted molar refractivity (Wildman–Crippen MR) is 89.5 cm³/mol. The number of hydrogen-bond acceptors (Lipinski definition) is 5. The lowest BCUT2D eigenvalue weighted by Crippen LogP contribution is -2.48. The molecule has 3 atom stereocenters. The van der Waals surface area contributed by atoms with Crippen LogP contribution in [0.5, 0.6) is 0 Å². The smallest absolute Gasteiger partial charge is 0.410 e. The van der Waals surface area contributed by atoms with Crippen molar-refractivity contribution < 1.29 is 19.1 Å². The van der Waals surface area contributed by atoms with E-state index in [2.05, 4.69) is 4.90 Å². The van der Waals surface area contributed by atoms with E-state index in [1.165, 1.54) is 0 Å². The van der Waals surface area contributed by atoms with Crippen molar-refractivity contribution in [2.24, 2.45) is 17.8 Å². The van der Waals surface area contributed by atoms with Gasteiger partial charge in [-0.15, -0.1) is 0 Å². The summed E-state index contributed by atoms with van der Waals surface area (Å²) in [6.07, 6.45) is 1.78. The summed E-state index contributed by atoms with van der Waals surface area (Å²) in [7, 11) is 0. The monoisotopic (exact) mass is 338 g/mol. The van der Waals surface area contributed by atoms with Gasteiger partial charge < -0.3 is 14.4 Å². The largest absolute Gasteiger partial charge is 0.466 e. The lowest BCUT2D eigenvalue weighted by molar-refractivity contribution is -0.145. The Bertz CT molecular complexity index is 482. The molecule has 0 aromatic carbocycles. The predicted octanol–water partition coefficient (Wildman–Crippen LogP) is 2.13. The number of ether oxygens (including phenoxy) is 2. The van der Waals surface area contributed by atoms with E-state index < -0.39 is 5.60 Å². The fourth-order valence-electron chi connectivity index (χ4n) is 4.19. The quantitative estimate of drug-likeness (QED) is 0.738. The van der Waals surface area contributed by atoms with E-state index in [1.807, 2.05) is 32.6 Å². The van der Waals surface area contributed by atoms with Crippen LogP contribution in [0.4, 0.5) is 4.79 Å². The molecule has 6 heteroatoms. The van der Waals surface area contributed by atoms with Crippen molar-refractivity contribution >= 4 is 12.1 Å². The molecule has 2 saturated heterocycles. The van der Waals surface area contributed by atoms with Gasteiger partial charge >= 0.3 is 12.1 Å². The van der Waals surface area contributed by atoms with Gasteiger partial charge in [0, 0.05) is 32.2 Å². The first-order chi connectivity index (χ1) is 11.3. The zero-order valence-electron chi connectivity index (χ0n) is 15.3. The Morgan fingerprint density at radius 3 is 2.17 bits per heavy atom. The first kappa shape index (κ1) is 17.5. The van der Waals surface area contributed by atoms with Crippen LogP contribution in [0.25, 0.3) is 0 Å². The van der Waals surface area contributed by atoms with Gasteiger partial charge in [0.2, 0.25) is 0 Å². The third kappa shape index (κ3) is 3.68. The number of piperidine rings is 2. The summed E-state index contributed by atoms with van der Waals surface area (Å²) in [4.78, 5) is 28.3. The Kier molecular flexibility index (Phi) is 4.78. The highest BCUT2D eigenvalue weighted by Crippen LogP contribution is 2.53. The second-order valence-electron chi connectivity index (χ2n) is 8.26. The van der Waals surface area contributed by atoms with Crippen LogP contribution in [0.15, 0.2) is 0 Å². The molecule has 0 bridgehead atoms. The van der Waals surface area contributed by atoms with E-state index >= 15 is 0 Å².